The van der Waals surface area contributed by atoms with Crippen LogP contribution >= 0.6 is 24.0 Å². The van der Waals surface area contributed by atoms with Crippen molar-refractivity contribution < 1.29 is 4.74 Å². The van der Waals surface area contributed by atoms with Crippen molar-refractivity contribution in [3.63, 3.8) is 0 Å². The van der Waals surface area contributed by atoms with E-state index in [-0.39, 0.29) is 24.0 Å². The first-order chi connectivity index (χ1) is 13.8. The molecule has 0 unspecified atom stereocenters. The summed E-state index contributed by atoms with van der Waals surface area (Å²) < 4.78 is 7.32. The van der Waals surface area contributed by atoms with Gasteiger partial charge >= 0.3 is 0 Å². The maximum Gasteiger partial charge on any atom is 0.191 e. The first-order valence-corrected chi connectivity index (χ1v) is 9.40. The van der Waals surface area contributed by atoms with Gasteiger partial charge in [-0.3, -0.25) is 9.67 Å². The first-order valence-electron chi connectivity index (χ1n) is 9.40. The molecule has 2 aromatic carbocycles. The average Bonchev–Trinajstić information content (AvgIpc) is 3.24. The largest absolute Gasteiger partial charge is 0.496 e. The fourth-order valence-electron chi connectivity index (χ4n) is 3.05. The third-order valence-corrected chi connectivity index (χ3v) is 4.46. The number of nitrogens with zero attached hydrogens (tertiary/aromatic N) is 3. The molecule has 154 valence electrons. The molecular formula is C22H28IN5O. The minimum Gasteiger partial charge on any atom is -0.496 e. The highest BCUT2D eigenvalue weighted by Crippen LogP contribution is 2.17. The number of benzene rings is 2. The minimum absolute atomic E-state index is 0. The lowest BCUT2D eigenvalue weighted by Crippen LogP contribution is -2.37. The highest BCUT2D eigenvalue weighted by Gasteiger charge is 2.03. The third-order valence-electron chi connectivity index (χ3n) is 4.46. The number of halogens is 1. The van der Waals surface area contributed by atoms with Crippen molar-refractivity contribution in [2.24, 2.45) is 4.99 Å². The maximum absolute atomic E-state index is 5.40. The SMILES string of the molecule is CN=C(NCCc1ccccc1OC)NCc1cccc(Cn2cccn2)c1.I. The number of hydrogen-bond acceptors (Lipinski definition) is 3. The summed E-state index contributed by atoms with van der Waals surface area (Å²) in [6.07, 6.45) is 4.63. The molecule has 1 aromatic heterocycles. The third kappa shape index (κ3) is 7.08. The molecule has 0 aliphatic heterocycles. The Morgan fingerprint density at radius 3 is 2.66 bits per heavy atom. The lowest BCUT2D eigenvalue weighted by Gasteiger charge is -2.13. The number of nitrogens with one attached hydrogen (secondary N) is 2. The summed E-state index contributed by atoms with van der Waals surface area (Å²) in [6.45, 7) is 2.26. The topological polar surface area (TPSA) is 63.5 Å². The van der Waals surface area contributed by atoms with Gasteiger partial charge in [-0.2, -0.15) is 5.10 Å². The molecule has 29 heavy (non-hydrogen) atoms. The van der Waals surface area contributed by atoms with Gasteiger partial charge < -0.3 is 15.4 Å². The lowest BCUT2D eigenvalue weighted by atomic mass is 10.1. The van der Waals surface area contributed by atoms with Gasteiger partial charge in [0.1, 0.15) is 5.75 Å². The van der Waals surface area contributed by atoms with Gasteiger partial charge in [-0.1, -0.05) is 42.5 Å². The second-order valence-corrected chi connectivity index (χ2v) is 6.44. The fraction of sp³-hybridized carbons (Fsp3) is 0.273. The van der Waals surface area contributed by atoms with E-state index in [2.05, 4.69) is 51.1 Å². The number of rotatable bonds is 8. The van der Waals surface area contributed by atoms with Crippen LogP contribution in [0.1, 0.15) is 16.7 Å². The predicted molar refractivity (Wildman–Crippen MR) is 128 cm³/mol. The quantitative estimate of drug-likeness (QED) is 0.280. The van der Waals surface area contributed by atoms with E-state index in [1.807, 2.05) is 35.1 Å². The zero-order valence-corrected chi connectivity index (χ0v) is 19.2. The molecule has 0 atom stereocenters. The second-order valence-electron chi connectivity index (χ2n) is 6.44. The van der Waals surface area contributed by atoms with Crippen LogP contribution in [0, 0.1) is 0 Å². The van der Waals surface area contributed by atoms with Crippen molar-refractivity contribution in [2.75, 3.05) is 20.7 Å². The number of hydrogen-bond donors (Lipinski definition) is 2. The van der Waals surface area contributed by atoms with Gasteiger partial charge in [-0.15, -0.1) is 24.0 Å². The Labute approximate surface area is 189 Å². The Balaban J connectivity index is 0.00000300. The number of ether oxygens (including phenoxy) is 1. The molecule has 0 bridgehead atoms. The normalized spacial score (nSPS) is 10.9. The van der Waals surface area contributed by atoms with E-state index in [0.29, 0.717) is 6.54 Å². The monoisotopic (exact) mass is 505 g/mol. The van der Waals surface area contributed by atoms with Crippen LogP contribution in [0.15, 0.2) is 72.0 Å². The highest BCUT2D eigenvalue weighted by molar-refractivity contribution is 14.0. The Morgan fingerprint density at radius 1 is 1.07 bits per heavy atom. The molecule has 1 heterocycles. The molecule has 6 nitrogen and oxygen atoms in total. The van der Waals surface area contributed by atoms with E-state index in [9.17, 15) is 0 Å². The zero-order chi connectivity index (χ0) is 19.6. The van der Waals surface area contributed by atoms with Crippen LogP contribution in [0.5, 0.6) is 5.75 Å². The van der Waals surface area contributed by atoms with Gasteiger partial charge in [0.05, 0.1) is 13.7 Å². The standard InChI is InChI=1S/C22H27N5O.HI/c1-23-22(24-13-11-20-9-3-4-10-21(20)28-2)25-16-18-7-5-8-19(15-18)17-27-14-6-12-26-27;/h3-10,12,14-15H,11,13,16-17H2,1-2H3,(H2,23,24,25);1H. The van der Waals surface area contributed by atoms with Gasteiger partial charge in [0.25, 0.3) is 0 Å². The van der Waals surface area contributed by atoms with Crippen LogP contribution in [-0.2, 0) is 19.5 Å². The smallest absolute Gasteiger partial charge is 0.191 e. The van der Waals surface area contributed by atoms with Crippen LogP contribution in [0.25, 0.3) is 0 Å². The molecule has 0 aliphatic rings. The first kappa shape index (κ1) is 22.7. The number of methoxy groups -OCH3 is 1. The summed E-state index contributed by atoms with van der Waals surface area (Å²) in [7, 11) is 3.49. The van der Waals surface area contributed by atoms with Crippen LogP contribution < -0.4 is 15.4 Å². The van der Waals surface area contributed by atoms with E-state index in [1.54, 1.807) is 20.4 Å². The maximum atomic E-state index is 5.40. The number of aliphatic imine (C=N–C) groups is 1. The van der Waals surface area contributed by atoms with Crippen molar-refractivity contribution in [3.8, 4) is 5.75 Å². The Kier molecular flexibility index (Phi) is 9.49. The van der Waals surface area contributed by atoms with E-state index in [0.717, 1.165) is 31.2 Å². The summed E-state index contributed by atoms with van der Waals surface area (Å²) in [5.41, 5.74) is 3.61. The van der Waals surface area contributed by atoms with Crippen LogP contribution in [0.4, 0.5) is 0 Å². The molecular weight excluding hydrogens is 477 g/mol. The summed E-state index contributed by atoms with van der Waals surface area (Å²) in [4.78, 5) is 4.31. The van der Waals surface area contributed by atoms with Crippen molar-refractivity contribution in [2.45, 2.75) is 19.5 Å². The predicted octanol–water partition coefficient (Wildman–Crippen LogP) is 3.47. The zero-order valence-electron chi connectivity index (χ0n) is 16.8. The number of guanidine groups is 1. The summed E-state index contributed by atoms with van der Waals surface area (Å²) in [5, 5.41) is 11.0. The molecule has 0 spiro atoms. The van der Waals surface area contributed by atoms with Gasteiger partial charge in [0.2, 0.25) is 0 Å². The Hall–Kier alpha value is -2.55. The molecule has 2 N–H and O–H groups in total. The summed E-state index contributed by atoms with van der Waals surface area (Å²) >= 11 is 0. The van der Waals surface area contributed by atoms with E-state index in [1.165, 1.54) is 16.7 Å². The van der Waals surface area contributed by atoms with Crippen molar-refractivity contribution in [1.82, 2.24) is 20.4 Å². The van der Waals surface area contributed by atoms with Crippen LogP contribution in [0.2, 0.25) is 0 Å². The second kappa shape index (κ2) is 12.1. The molecule has 0 radical (unpaired) electrons. The van der Waals surface area contributed by atoms with E-state index < -0.39 is 0 Å². The number of aromatic nitrogens is 2. The molecule has 7 heteroatoms. The fourth-order valence-corrected chi connectivity index (χ4v) is 3.05. The molecule has 0 fully saturated rings. The van der Waals surface area contributed by atoms with Crippen molar-refractivity contribution in [1.29, 1.82) is 0 Å². The number of para-hydroxylation sites is 1. The van der Waals surface area contributed by atoms with Crippen molar-refractivity contribution >= 4 is 29.9 Å². The summed E-state index contributed by atoms with van der Waals surface area (Å²) in [5.74, 6) is 1.70. The average molecular weight is 505 g/mol. The van der Waals surface area contributed by atoms with Gasteiger partial charge in [-0.05, 0) is 35.2 Å². The lowest BCUT2D eigenvalue weighted by molar-refractivity contribution is 0.409. The molecule has 0 amide bonds. The van der Waals surface area contributed by atoms with E-state index >= 15 is 0 Å². The van der Waals surface area contributed by atoms with E-state index in [4.69, 9.17) is 4.74 Å². The molecule has 0 saturated carbocycles. The molecule has 3 rings (SSSR count). The van der Waals surface area contributed by atoms with Crippen LogP contribution in [0.3, 0.4) is 0 Å². The molecule has 3 aromatic rings. The van der Waals surface area contributed by atoms with Gasteiger partial charge in [0, 0.05) is 32.5 Å². The highest BCUT2D eigenvalue weighted by atomic mass is 127. The minimum atomic E-state index is 0. The molecule has 0 saturated heterocycles. The van der Waals surface area contributed by atoms with Crippen LogP contribution in [-0.4, -0.2) is 36.4 Å². The summed E-state index contributed by atoms with van der Waals surface area (Å²) in [6, 6.07) is 18.5. The van der Waals surface area contributed by atoms with Gasteiger partial charge in [0.15, 0.2) is 5.96 Å². The Bertz CT molecular complexity index is 896. The van der Waals surface area contributed by atoms with Crippen molar-refractivity contribution in [3.05, 3.63) is 83.7 Å². The van der Waals surface area contributed by atoms with Gasteiger partial charge in [-0.25, -0.2) is 0 Å². The Morgan fingerprint density at radius 2 is 1.90 bits per heavy atom. The molecule has 0 aliphatic carbocycles.